The molecule has 0 aromatic heterocycles. The molecular weight excluding hydrogens is 158 g/mol. The SMILES string of the molecule is CC(C)(C)C[C@@H]1CN2CCC1CC2. The molecule has 0 unspecified atom stereocenters. The van der Waals surface area contributed by atoms with Gasteiger partial charge in [0.2, 0.25) is 0 Å². The van der Waals surface area contributed by atoms with Crippen molar-refractivity contribution in [2.24, 2.45) is 17.3 Å². The molecule has 1 atom stereocenters. The van der Waals surface area contributed by atoms with E-state index in [2.05, 4.69) is 25.7 Å². The second kappa shape index (κ2) is 3.27. The lowest BCUT2D eigenvalue weighted by molar-refractivity contribution is 0.0300. The number of piperidine rings is 3. The van der Waals surface area contributed by atoms with Gasteiger partial charge in [0, 0.05) is 6.54 Å². The summed E-state index contributed by atoms with van der Waals surface area (Å²) in [4.78, 5) is 2.66. The summed E-state index contributed by atoms with van der Waals surface area (Å²) in [6.45, 7) is 11.3. The maximum Gasteiger partial charge on any atom is 0.00125 e. The molecule has 0 N–H and O–H groups in total. The highest BCUT2D eigenvalue weighted by Gasteiger charge is 2.35. The fourth-order valence-corrected chi connectivity index (χ4v) is 3.11. The number of hydrogen-bond donors (Lipinski definition) is 0. The smallest absolute Gasteiger partial charge is 0.00125 e. The molecule has 3 saturated heterocycles. The van der Waals surface area contributed by atoms with Crippen LogP contribution in [0.3, 0.4) is 0 Å². The van der Waals surface area contributed by atoms with Crippen LogP contribution >= 0.6 is 0 Å². The van der Waals surface area contributed by atoms with Crippen LogP contribution in [-0.2, 0) is 0 Å². The lowest BCUT2D eigenvalue weighted by Crippen LogP contribution is -2.48. The first-order valence-electron chi connectivity index (χ1n) is 5.77. The Morgan fingerprint density at radius 3 is 2.15 bits per heavy atom. The molecule has 3 aliphatic rings. The van der Waals surface area contributed by atoms with Crippen LogP contribution in [-0.4, -0.2) is 24.5 Å². The average Bonchev–Trinajstić information content (AvgIpc) is 2.03. The van der Waals surface area contributed by atoms with Crippen LogP contribution in [0.25, 0.3) is 0 Å². The molecule has 3 fully saturated rings. The summed E-state index contributed by atoms with van der Waals surface area (Å²) in [5, 5.41) is 0. The molecule has 0 aliphatic carbocycles. The van der Waals surface area contributed by atoms with Gasteiger partial charge in [-0.25, -0.2) is 0 Å². The maximum atomic E-state index is 2.66. The van der Waals surface area contributed by atoms with Gasteiger partial charge in [-0.3, -0.25) is 0 Å². The van der Waals surface area contributed by atoms with E-state index >= 15 is 0 Å². The normalized spacial score (nSPS) is 39.5. The van der Waals surface area contributed by atoms with Crippen LogP contribution < -0.4 is 0 Å². The minimum Gasteiger partial charge on any atom is -0.303 e. The third kappa shape index (κ3) is 2.25. The summed E-state index contributed by atoms with van der Waals surface area (Å²) in [6.07, 6.45) is 4.37. The lowest BCUT2D eigenvalue weighted by atomic mass is 9.72. The van der Waals surface area contributed by atoms with Crippen molar-refractivity contribution in [3.8, 4) is 0 Å². The van der Waals surface area contributed by atoms with Crippen molar-refractivity contribution in [3.05, 3.63) is 0 Å². The highest BCUT2D eigenvalue weighted by atomic mass is 15.1. The minimum atomic E-state index is 0.531. The molecule has 1 nitrogen and oxygen atoms in total. The largest absolute Gasteiger partial charge is 0.303 e. The van der Waals surface area contributed by atoms with Gasteiger partial charge < -0.3 is 4.90 Å². The van der Waals surface area contributed by atoms with Crippen molar-refractivity contribution in [1.82, 2.24) is 4.90 Å². The molecule has 2 bridgehead atoms. The average molecular weight is 181 g/mol. The van der Waals surface area contributed by atoms with Crippen molar-refractivity contribution in [1.29, 1.82) is 0 Å². The molecule has 0 radical (unpaired) electrons. The highest BCUT2D eigenvalue weighted by Crippen LogP contribution is 2.38. The predicted octanol–water partition coefficient (Wildman–Crippen LogP) is 2.76. The van der Waals surface area contributed by atoms with Gasteiger partial charge in [0.25, 0.3) is 0 Å². The first kappa shape index (κ1) is 9.51. The van der Waals surface area contributed by atoms with Gasteiger partial charge in [-0.05, 0) is 49.6 Å². The molecule has 0 saturated carbocycles. The Morgan fingerprint density at radius 2 is 1.77 bits per heavy atom. The molecule has 0 aromatic carbocycles. The summed E-state index contributed by atoms with van der Waals surface area (Å²) < 4.78 is 0. The zero-order valence-electron chi connectivity index (χ0n) is 9.34. The maximum absolute atomic E-state index is 2.66. The van der Waals surface area contributed by atoms with E-state index in [1.807, 2.05) is 0 Å². The number of fused-ring (bicyclic) bond motifs is 3. The number of nitrogens with zero attached hydrogens (tertiary/aromatic N) is 1. The molecule has 76 valence electrons. The topological polar surface area (TPSA) is 3.24 Å². The third-order valence-corrected chi connectivity index (χ3v) is 3.67. The summed E-state index contributed by atoms with van der Waals surface area (Å²) in [6, 6.07) is 0. The van der Waals surface area contributed by atoms with Crippen LogP contribution in [0.2, 0.25) is 0 Å². The van der Waals surface area contributed by atoms with E-state index in [0.717, 1.165) is 11.8 Å². The monoisotopic (exact) mass is 181 g/mol. The van der Waals surface area contributed by atoms with Crippen molar-refractivity contribution in [3.63, 3.8) is 0 Å². The van der Waals surface area contributed by atoms with E-state index in [-0.39, 0.29) is 0 Å². The Balaban J connectivity index is 1.94. The van der Waals surface area contributed by atoms with Gasteiger partial charge in [-0.15, -0.1) is 0 Å². The van der Waals surface area contributed by atoms with Gasteiger partial charge in [0.1, 0.15) is 0 Å². The Kier molecular flexibility index (Phi) is 2.39. The van der Waals surface area contributed by atoms with Gasteiger partial charge in [-0.2, -0.15) is 0 Å². The predicted molar refractivity (Wildman–Crippen MR) is 56.7 cm³/mol. The van der Waals surface area contributed by atoms with E-state index in [0.29, 0.717) is 5.41 Å². The summed E-state index contributed by atoms with van der Waals surface area (Å²) >= 11 is 0. The second-order valence-electron chi connectivity index (χ2n) is 6.16. The summed E-state index contributed by atoms with van der Waals surface area (Å²) in [5.41, 5.74) is 0.531. The lowest BCUT2D eigenvalue weighted by Gasteiger charge is -2.46. The Labute approximate surface area is 82.5 Å². The van der Waals surface area contributed by atoms with E-state index in [4.69, 9.17) is 0 Å². The van der Waals surface area contributed by atoms with E-state index < -0.39 is 0 Å². The van der Waals surface area contributed by atoms with Crippen molar-refractivity contribution in [2.75, 3.05) is 19.6 Å². The molecule has 3 rings (SSSR count). The number of hydrogen-bond acceptors (Lipinski definition) is 1. The van der Waals surface area contributed by atoms with Crippen molar-refractivity contribution >= 4 is 0 Å². The van der Waals surface area contributed by atoms with Crippen LogP contribution in [0.5, 0.6) is 0 Å². The molecule has 3 heterocycles. The first-order valence-corrected chi connectivity index (χ1v) is 5.77. The van der Waals surface area contributed by atoms with Gasteiger partial charge in [0.05, 0.1) is 0 Å². The Bertz CT molecular complexity index is 172. The number of rotatable bonds is 1. The molecule has 13 heavy (non-hydrogen) atoms. The second-order valence-corrected chi connectivity index (χ2v) is 6.16. The zero-order valence-corrected chi connectivity index (χ0v) is 9.34. The van der Waals surface area contributed by atoms with Gasteiger partial charge >= 0.3 is 0 Å². The van der Waals surface area contributed by atoms with Crippen molar-refractivity contribution in [2.45, 2.75) is 40.0 Å². The molecule has 0 spiro atoms. The van der Waals surface area contributed by atoms with Crippen LogP contribution in [0.4, 0.5) is 0 Å². The van der Waals surface area contributed by atoms with Gasteiger partial charge in [-0.1, -0.05) is 20.8 Å². The fourth-order valence-electron chi connectivity index (χ4n) is 3.11. The van der Waals surface area contributed by atoms with Crippen LogP contribution in [0, 0.1) is 17.3 Å². The van der Waals surface area contributed by atoms with Crippen molar-refractivity contribution < 1.29 is 0 Å². The van der Waals surface area contributed by atoms with E-state index in [1.54, 1.807) is 0 Å². The van der Waals surface area contributed by atoms with E-state index in [1.165, 1.54) is 38.9 Å². The minimum absolute atomic E-state index is 0.531. The molecule has 0 aromatic rings. The third-order valence-electron chi connectivity index (χ3n) is 3.67. The highest BCUT2D eigenvalue weighted by molar-refractivity contribution is 4.88. The quantitative estimate of drug-likeness (QED) is 0.601. The van der Waals surface area contributed by atoms with Crippen LogP contribution in [0.15, 0.2) is 0 Å². The molecular formula is C12H23N. The zero-order chi connectivity index (χ0) is 9.47. The molecule has 1 heteroatoms. The molecule has 3 aliphatic heterocycles. The standard InChI is InChI=1S/C12H23N/c1-12(2,3)8-11-9-13-6-4-10(11)5-7-13/h10-11H,4-9H2,1-3H3/t11-/m1/s1. The molecule has 0 amide bonds. The van der Waals surface area contributed by atoms with Gasteiger partial charge in [0.15, 0.2) is 0 Å². The summed E-state index contributed by atoms with van der Waals surface area (Å²) in [5.74, 6) is 2.06. The fraction of sp³-hybridized carbons (Fsp3) is 1.00. The van der Waals surface area contributed by atoms with Crippen LogP contribution in [0.1, 0.15) is 40.0 Å². The first-order chi connectivity index (χ1) is 6.04. The Hall–Kier alpha value is -0.0400. The Morgan fingerprint density at radius 1 is 1.15 bits per heavy atom. The summed E-state index contributed by atoms with van der Waals surface area (Å²) in [7, 11) is 0. The van der Waals surface area contributed by atoms with E-state index in [9.17, 15) is 0 Å².